The predicted octanol–water partition coefficient (Wildman–Crippen LogP) is 10.9. The predicted molar refractivity (Wildman–Crippen MR) is 222 cm³/mol. The minimum atomic E-state index is -0.0518. The second kappa shape index (κ2) is 13.6. The number of aromatic nitrogens is 5. The Bertz CT molecular complexity index is 2670. The molecule has 1 aliphatic rings. The smallest absolute Gasteiger partial charge is 0.167 e. The summed E-state index contributed by atoms with van der Waals surface area (Å²) in [6.07, 6.45) is 6.02. The molecule has 55 heavy (non-hydrogen) atoms. The molecule has 9 rings (SSSR count). The summed E-state index contributed by atoms with van der Waals surface area (Å²) in [4.78, 5) is 24.5. The zero-order valence-corrected chi connectivity index (χ0v) is 31.6. The van der Waals surface area contributed by atoms with Gasteiger partial charge in [-0.15, -0.1) is 0 Å². The van der Waals surface area contributed by atoms with E-state index in [0.29, 0.717) is 29.0 Å². The number of pyridine rings is 1. The highest BCUT2D eigenvalue weighted by atomic mass is 16.5. The van der Waals surface area contributed by atoms with Gasteiger partial charge in [0.15, 0.2) is 17.5 Å². The monoisotopic (exact) mass is 719 g/mol. The first-order chi connectivity index (χ1) is 26.7. The quantitative estimate of drug-likeness (QED) is 0.162. The topological polar surface area (TPSA) is 72.2 Å². The van der Waals surface area contributed by atoms with Gasteiger partial charge in [0.05, 0.1) is 23.3 Å². The van der Waals surface area contributed by atoms with E-state index in [0.717, 1.165) is 62.2 Å². The molecule has 0 radical (unpaired) electrons. The van der Waals surface area contributed by atoms with Crippen LogP contribution in [0.4, 0.5) is 5.69 Å². The number of benzene rings is 5. The molecule has 3 aromatic heterocycles. The third-order valence-electron chi connectivity index (χ3n) is 10.1. The Morgan fingerprint density at radius 2 is 1.33 bits per heavy atom. The van der Waals surface area contributed by atoms with E-state index in [1.54, 1.807) is 0 Å². The molecule has 270 valence electrons. The van der Waals surface area contributed by atoms with Gasteiger partial charge < -0.3 is 14.5 Å². The van der Waals surface area contributed by atoms with Crippen LogP contribution in [0.25, 0.3) is 61.8 Å². The van der Waals surface area contributed by atoms with Crippen molar-refractivity contribution in [2.75, 3.05) is 18.6 Å². The van der Waals surface area contributed by atoms with E-state index in [2.05, 4.69) is 110 Å². The number of ether oxygens (including phenoxy) is 1. The number of fused-ring (bicyclic) bond motifs is 3. The summed E-state index contributed by atoms with van der Waals surface area (Å²) in [5.41, 5.74) is 7.95. The molecule has 0 unspecified atom stereocenters. The van der Waals surface area contributed by atoms with E-state index < -0.39 is 0 Å². The SMILES string of the molecule is Cc1ccnc(-n2c3ccc(C(C)(C)C)cc3c3cc(-c4nc(-c5ccccc5)nc(-c5ccccc5)n4)c(Oc4cccc(N5C=CN(C)C5)c4)cc32)c1. The first-order valence-electron chi connectivity index (χ1n) is 18.5. The molecule has 0 atom stereocenters. The maximum Gasteiger partial charge on any atom is 0.167 e. The number of hydrogen-bond donors (Lipinski definition) is 0. The molecule has 0 bridgehead atoms. The van der Waals surface area contributed by atoms with Gasteiger partial charge in [-0.3, -0.25) is 4.57 Å². The maximum absolute atomic E-state index is 6.98. The van der Waals surface area contributed by atoms with Gasteiger partial charge in [0.2, 0.25) is 0 Å². The van der Waals surface area contributed by atoms with E-state index in [1.165, 1.54) is 5.56 Å². The first-order valence-corrected chi connectivity index (χ1v) is 18.5. The van der Waals surface area contributed by atoms with E-state index in [9.17, 15) is 0 Å². The number of aryl methyl sites for hydroxylation is 1. The van der Waals surface area contributed by atoms with Gasteiger partial charge in [-0.2, -0.15) is 0 Å². The van der Waals surface area contributed by atoms with Crippen molar-refractivity contribution in [2.24, 2.45) is 0 Å². The molecule has 5 aromatic carbocycles. The van der Waals surface area contributed by atoms with E-state index >= 15 is 0 Å². The Kier molecular flexibility index (Phi) is 8.38. The summed E-state index contributed by atoms with van der Waals surface area (Å²) >= 11 is 0. The molecule has 0 spiro atoms. The average Bonchev–Trinajstić information content (AvgIpc) is 3.78. The van der Waals surface area contributed by atoms with E-state index in [-0.39, 0.29) is 5.41 Å². The zero-order chi connectivity index (χ0) is 37.7. The molecule has 0 saturated heterocycles. The van der Waals surface area contributed by atoms with Crippen LogP contribution in [0.1, 0.15) is 31.9 Å². The van der Waals surface area contributed by atoms with Gasteiger partial charge in [0.1, 0.15) is 17.3 Å². The maximum atomic E-state index is 6.98. The van der Waals surface area contributed by atoms with Crippen LogP contribution in [-0.2, 0) is 5.41 Å². The first kappa shape index (κ1) is 34.0. The fourth-order valence-electron chi connectivity index (χ4n) is 7.14. The highest BCUT2D eigenvalue weighted by Gasteiger charge is 2.24. The van der Waals surface area contributed by atoms with Crippen LogP contribution < -0.4 is 9.64 Å². The van der Waals surface area contributed by atoms with Crippen molar-refractivity contribution in [3.05, 3.63) is 157 Å². The molecule has 0 N–H and O–H groups in total. The van der Waals surface area contributed by atoms with Crippen LogP contribution in [0, 0.1) is 6.92 Å². The molecule has 0 aliphatic carbocycles. The number of hydrogen-bond acceptors (Lipinski definition) is 7. The van der Waals surface area contributed by atoms with E-state index in [4.69, 9.17) is 24.7 Å². The highest BCUT2D eigenvalue weighted by Crippen LogP contribution is 2.43. The molecule has 8 aromatic rings. The van der Waals surface area contributed by atoms with Gasteiger partial charge in [-0.1, -0.05) is 93.6 Å². The zero-order valence-electron chi connectivity index (χ0n) is 31.6. The summed E-state index contributed by atoms with van der Waals surface area (Å²) in [7, 11) is 2.06. The van der Waals surface area contributed by atoms with Gasteiger partial charge >= 0.3 is 0 Å². The summed E-state index contributed by atoms with van der Waals surface area (Å²) < 4.78 is 9.22. The molecular formula is C47H41N7O. The van der Waals surface area contributed by atoms with Crippen molar-refractivity contribution in [2.45, 2.75) is 33.1 Å². The van der Waals surface area contributed by atoms with Gasteiger partial charge in [-0.05, 0) is 65.9 Å². The molecular weight excluding hydrogens is 679 g/mol. The van der Waals surface area contributed by atoms with Gasteiger partial charge in [-0.25, -0.2) is 19.9 Å². The van der Waals surface area contributed by atoms with Gasteiger partial charge in [0, 0.05) is 65.4 Å². The van der Waals surface area contributed by atoms with Gasteiger partial charge in [0.25, 0.3) is 0 Å². The number of nitrogens with zero attached hydrogens (tertiary/aromatic N) is 7. The van der Waals surface area contributed by atoms with Crippen LogP contribution in [-0.4, -0.2) is 43.1 Å². The lowest BCUT2D eigenvalue weighted by molar-refractivity contribution is 0.482. The third kappa shape index (κ3) is 6.56. The molecule has 4 heterocycles. The van der Waals surface area contributed by atoms with Crippen LogP contribution in [0.2, 0.25) is 0 Å². The molecule has 8 nitrogen and oxygen atoms in total. The second-order valence-corrected chi connectivity index (χ2v) is 15.2. The molecule has 0 amide bonds. The molecule has 8 heteroatoms. The summed E-state index contributed by atoms with van der Waals surface area (Å²) in [5, 5.41) is 2.17. The molecule has 0 saturated carbocycles. The largest absolute Gasteiger partial charge is 0.456 e. The van der Waals surface area contributed by atoms with E-state index in [1.807, 2.05) is 85.1 Å². The highest BCUT2D eigenvalue weighted by molar-refractivity contribution is 6.11. The van der Waals surface area contributed by atoms with Crippen molar-refractivity contribution in [3.8, 4) is 51.5 Å². The van der Waals surface area contributed by atoms with Crippen LogP contribution in [0.5, 0.6) is 11.5 Å². The second-order valence-electron chi connectivity index (χ2n) is 15.2. The van der Waals surface area contributed by atoms with Crippen molar-refractivity contribution in [3.63, 3.8) is 0 Å². The summed E-state index contributed by atoms with van der Waals surface area (Å²) in [6, 6.07) is 43.5. The van der Waals surface area contributed by atoms with Crippen LogP contribution in [0.15, 0.2) is 146 Å². The fourth-order valence-corrected chi connectivity index (χ4v) is 7.14. The standard InChI is InChI=1S/C47H41N7O/c1-31-21-22-48-43(25-31)54-40-20-19-34(47(2,3)4)26-37(40)38-28-39(42(29-41(38)54)55-36-18-12-17-35(27-36)53-24-23-52(5)30-53)46-50-44(32-13-8-6-9-14-32)49-45(51-46)33-15-10-7-11-16-33/h6-29H,30H2,1-5H3. The fraction of sp³-hybridized carbons (Fsp3) is 0.149. The van der Waals surface area contributed by atoms with Crippen molar-refractivity contribution in [1.82, 2.24) is 29.4 Å². The Morgan fingerprint density at radius 3 is 1.98 bits per heavy atom. The van der Waals surface area contributed by atoms with Crippen molar-refractivity contribution in [1.29, 1.82) is 0 Å². The average molecular weight is 720 g/mol. The lowest BCUT2D eigenvalue weighted by Gasteiger charge is -2.19. The Hall–Kier alpha value is -6.80. The minimum Gasteiger partial charge on any atom is -0.456 e. The van der Waals surface area contributed by atoms with Crippen LogP contribution >= 0.6 is 0 Å². The van der Waals surface area contributed by atoms with Crippen LogP contribution in [0.3, 0.4) is 0 Å². The number of rotatable bonds is 7. The summed E-state index contributed by atoms with van der Waals surface area (Å²) in [5.74, 6) is 3.86. The van der Waals surface area contributed by atoms with Crippen molar-refractivity contribution >= 4 is 27.5 Å². The molecule has 1 aliphatic heterocycles. The lowest BCUT2D eigenvalue weighted by Crippen LogP contribution is -2.21. The Labute approximate surface area is 321 Å². The summed E-state index contributed by atoms with van der Waals surface area (Å²) in [6.45, 7) is 9.60. The Balaban J connectivity index is 1.33. The lowest BCUT2D eigenvalue weighted by atomic mass is 9.86. The minimum absolute atomic E-state index is 0.0518. The number of anilines is 1. The van der Waals surface area contributed by atoms with Crippen molar-refractivity contribution < 1.29 is 4.74 Å². The Morgan fingerprint density at radius 1 is 0.636 bits per heavy atom. The normalized spacial score (nSPS) is 13.0. The third-order valence-corrected chi connectivity index (χ3v) is 10.1. The molecule has 0 fully saturated rings.